The highest BCUT2D eigenvalue weighted by molar-refractivity contribution is 6.34. The highest BCUT2D eigenvalue weighted by atomic mass is 35.5. The van der Waals surface area contributed by atoms with Gasteiger partial charge in [0, 0.05) is 36.0 Å². The molecule has 1 atom stereocenters. The average Bonchev–Trinajstić information content (AvgIpc) is 2.83. The van der Waals surface area contributed by atoms with Crippen LogP contribution in [0.5, 0.6) is 5.75 Å². The number of hydrogen-bond donors (Lipinski definition) is 1. The van der Waals surface area contributed by atoms with Gasteiger partial charge in [0.2, 0.25) is 5.95 Å². The molecule has 2 aromatic rings. The van der Waals surface area contributed by atoms with Crippen molar-refractivity contribution < 1.29 is 9.47 Å². The van der Waals surface area contributed by atoms with Gasteiger partial charge in [-0.2, -0.15) is 4.98 Å². The molecule has 6 nitrogen and oxygen atoms in total. The maximum atomic E-state index is 6.56. The maximum absolute atomic E-state index is 6.56. The second-order valence-electron chi connectivity index (χ2n) is 6.10. The van der Waals surface area contributed by atoms with Gasteiger partial charge in [-0.05, 0) is 31.9 Å². The molecule has 1 saturated heterocycles. The number of aromatic nitrogens is 2. The van der Waals surface area contributed by atoms with Gasteiger partial charge >= 0.3 is 0 Å². The van der Waals surface area contributed by atoms with E-state index in [-0.39, 0.29) is 12.0 Å². The summed E-state index contributed by atoms with van der Waals surface area (Å²) in [6.07, 6.45) is 0.877. The minimum Gasteiger partial charge on any atom is -0.492 e. The first-order chi connectivity index (χ1) is 12.5. The quantitative estimate of drug-likeness (QED) is 0.840. The van der Waals surface area contributed by atoms with E-state index in [0.29, 0.717) is 35.6 Å². The highest BCUT2D eigenvalue weighted by Gasteiger charge is 2.28. The highest BCUT2D eigenvalue weighted by Crippen LogP contribution is 2.38. The van der Waals surface area contributed by atoms with Crippen molar-refractivity contribution in [3.8, 4) is 5.75 Å². The van der Waals surface area contributed by atoms with Gasteiger partial charge in [-0.25, -0.2) is 4.98 Å². The lowest BCUT2D eigenvalue weighted by Gasteiger charge is -2.31. The van der Waals surface area contributed by atoms with E-state index in [0.717, 1.165) is 30.0 Å². The van der Waals surface area contributed by atoms with E-state index >= 15 is 0 Å². The summed E-state index contributed by atoms with van der Waals surface area (Å²) in [5, 5.41) is 1.10. The molecule has 8 heteroatoms. The lowest BCUT2D eigenvalue weighted by atomic mass is 10.0. The fourth-order valence-corrected chi connectivity index (χ4v) is 3.60. The lowest BCUT2D eigenvalue weighted by Crippen LogP contribution is -2.32. The summed E-state index contributed by atoms with van der Waals surface area (Å²) >= 11 is 13.0. The molecule has 1 aliphatic rings. The van der Waals surface area contributed by atoms with Crippen LogP contribution in [0.25, 0.3) is 0 Å². The molecule has 0 amide bonds. The Balaban J connectivity index is 2.03. The smallest absolute Gasteiger partial charge is 0.222 e. The topological polar surface area (TPSA) is 73.5 Å². The molecule has 1 aromatic carbocycles. The number of anilines is 2. The normalized spacial score (nSPS) is 17.8. The first kappa shape index (κ1) is 19.0. The van der Waals surface area contributed by atoms with Crippen molar-refractivity contribution in [1.82, 2.24) is 9.97 Å². The Hall–Kier alpha value is -1.76. The number of nitrogens with two attached hydrogens (primary N) is 1. The van der Waals surface area contributed by atoms with Crippen molar-refractivity contribution in [2.45, 2.75) is 26.3 Å². The van der Waals surface area contributed by atoms with Crippen molar-refractivity contribution >= 4 is 35.0 Å². The zero-order chi connectivity index (χ0) is 18.7. The number of benzene rings is 1. The Morgan fingerprint density at radius 1 is 1.27 bits per heavy atom. The van der Waals surface area contributed by atoms with Crippen LogP contribution in [0, 0.1) is 6.92 Å². The van der Waals surface area contributed by atoms with Crippen LogP contribution in [0.4, 0.5) is 11.8 Å². The van der Waals surface area contributed by atoms with Gasteiger partial charge in [-0.15, -0.1) is 0 Å². The van der Waals surface area contributed by atoms with Gasteiger partial charge in [-0.3, -0.25) is 0 Å². The van der Waals surface area contributed by atoms with E-state index in [1.165, 1.54) is 0 Å². The second kappa shape index (κ2) is 8.29. The standard InChI is InChI=1S/C18H22Cl2N4O2/c1-3-26-16-9-13(19)12(8-14(16)20)15-10-25-6-4-5-24(15)17-7-11(2)22-18(21)23-17/h7-9,15H,3-6,10H2,1-2H3,(H2,21,22,23)/t15-/m1/s1. The van der Waals surface area contributed by atoms with Gasteiger partial charge in [0.1, 0.15) is 11.6 Å². The van der Waals surface area contributed by atoms with E-state index in [2.05, 4.69) is 14.9 Å². The summed E-state index contributed by atoms with van der Waals surface area (Å²) < 4.78 is 11.3. The van der Waals surface area contributed by atoms with Gasteiger partial charge in [0.05, 0.1) is 24.3 Å². The monoisotopic (exact) mass is 396 g/mol. The second-order valence-corrected chi connectivity index (χ2v) is 6.91. The minimum atomic E-state index is -0.133. The van der Waals surface area contributed by atoms with Crippen LogP contribution >= 0.6 is 23.2 Å². The Kier molecular flexibility index (Phi) is 6.06. The van der Waals surface area contributed by atoms with E-state index in [1.807, 2.05) is 26.0 Å². The van der Waals surface area contributed by atoms with E-state index in [1.54, 1.807) is 6.07 Å². The summed E-state index contributed by atoms with van der Waals surface area (Å²) in [6, 6.07) is 5.38. The van der Waals surface area contributed by atoms with Crippen LogP contribution in [0.15, 0.2) is 18.2 Å². The third kappa shape index (κ3) is 4.14. The van der Waals surface area contributed by atoms with Gasteiger partial charge in [0.15, 0.2) is 0 Å². The Bertz CT molecular complexity index is 768. The van der Waals surface area contributed by atoms with Crippen molar-refractivity contribution in [2.24, 2.45) is 0 Å². The Morgan fingerprint density at radius 3 is 2.81 bits per heavy atom. The number of aryl methyl sites for hydroxylation is 1. The van der Waals surface area contributed by atoms with Crippen LogP contribution in [-0.2, 0) is 4.74 Å². The molecule has 3 rings (SSSR count). The van der Waals surface area contributed by atoms with Gasteiger partial charge < -0.3 is 20.1 Å². The molecule has 2 N–H and O–H groups in total. The molecule has 0 saturated carbocycles. The van der Waals surface area contributed by atoms with E-state index in [9.17, 15) is 0 Å². The largest absolute Gasteiger partial charge is 0.492 e. The molecule has 0 bridgehead atoms. The Labute approximate surface area is 163 Å². The summed E-state index contributed by atoms with van der Waals surface area (Å²) in [5.74, 6) is 1.58. The molecule has 0 aliphatic carbocycles. The number of nitrogen functional groups attached to an aromatic ring is 1. The molecule has 0 spiro atoms. The predicted molar refractivity (Wildman–Crippen MR) is 104 cm³/mol. The van der Waals surface area contributed by atoms with Crippen LogP contribution in [0.2, 0.25) is 10.0 Å². The number of ether oxygens (including phenoxy) is 2. The van der Waals surface area contributed by atoms with Crippen molar-refractivity contribution in [3.05, 3.63) is 39.5 Å². The van der Waals surface area contributed by atoms with Crippen LogP contribution < -0.4 is 15.4 Å². The average molecular weight is 397 g/mol. The summed E-state index contributed by atoms with van der Waals surface area (Å²) in [5.41, 5.74) is 7.54. The molecular formula is C18H22Cl2N4O2. The summed E-state index contributed by atoms with van der Waals surface area (Å²) in [7, 11) is 0. The molecular weight excluding hydrogens is 375 g/mol. The summed E-state index contributed by atoms with van der Waals surface area (Å²) in [6.45, 7) is 6.24. The van der Waals surface area contributed by atoms with Crippen molar-refractivity contribution in [2.75, 3.05) is 37.0 Å². The number of halogens is 2. The van der Waals surface area contributed by atoms with Crippen molar-refractivity contribution in [3.63, 3.8) is 0 Å². The summed E-state index contributed by atoms with van der Waals surface area (Å²) in [4.78, 5) is 10.7. The Morgan fingerprint density at radius 2 is 2.08 bits per heavy atom. The van der Waals surface area contributed by atoms with Crippen LogP contribution in [-0.4, -0.2) is 36.3 Å². The molecule has 2 heterocycles. The number of nitrogens with zero attached hydrogens (tertiary/aromatic N) is 3. The zero-order valence-corrected chi connectivity index (χ0v) is 16.3. The first-order valence-electron chi connectivity index (χ1n) is 8.57. The zero-order valence-electron chi connectivity index (χ0n) is 14.8. The fourth-order valence-electron chi connectivity index (χ4n) is 3.10. The number of hydrogen-bond acceptors (Lipinski definition) is 6. The van der Waals surface area contributed by atoms with E-state index < -0.39 is 0 Å². The molecule has 1 aromatic heterocycles. The molecule has 1 aliphatic heterocycles. The molecule has 26 heavy (non-hydrogen) atoms. The lowest BCUT2D eigenvalue weighted by molar-refractivity contribution is 0.134. The predicted octanol–water partition coefficient (Wildman–Crippen LogP) is 4.04. The maximum Gasteiger partial charge on any atom is 0.222 e. The van der Waals surface area contributed by atoms with Gasteiger partial charge in [-0.1, -0.05) is 23.2 Å². The molecule has 0 unspecified atom stereocenters. The molecule has 1 fully saturated rings. The van der Waals surface area contributed by atoms with Crippen molar-refractivity contribution in [1.29, 1.82) is 0 Å². The third-order valence-electron chi connectivity index (χ3n) is 4.20. The van der Waals surface area contributed by atoms with Crippen LogP contribution in [0.1, 0.15) is 30.6 Å². The third-order valence-corrected chi connectivity index (χ3v) is 4.82. The van der Waals surface area contributed by atoms with E-state index in [4.69, 9.17) is 38.4 Å². The minimum absolute atomic E-state index is 0.133. The number of rotatable bonds is 4. The SMILES string of the molecule is CCOc1cc(Cl)c([C@H]2COCCCN2c2cc(C)nc(N)n2)cc1Cl. The first-order valence-corrected chi connectivity index (χ1v) is 9.32. The molecule has 0 radical (unpaired) electrons. The van der Waals surface area contributed by atoms with Crippen LogP contribution in [0.3, 0.4) is 0 Å². The molecule has 140 valence electrons. The van der Waals surface area contributed by atoms with Gasteiger partial charge in [0.25, 0.3) is 0 Å². The fraction of sp³-hybridized carbons (Fsp3) is 0.444.